The zero-order valence-corrected chi connectivity index (χ0v) is 9.59. The van der Waals surface area contributed by atoms with E-state index in [-0.39, 0.29) is 0 Å². The lowest BCUT2D eigenvalue weighted by Gasteiger charge is -2.37. The molecule has 0 radical (unpaired) electrons. The highest BCUT2D eigenvalue weighted by molar-refractivity contribution is 5.75. The van der Waals surface area contributed by atoms with Crippen molar-refractivity contribution < 1.29 is 10.2 Å². The number of hydrogen-bond acceptors (Lipinski definition) is 2. The molecule has 2 aromatic carbocycles. The Kier molecular flexibility index (Phi) is 2.12. The van der Waals surface area contributed by atoms with Gasteiger partial charge in [-0.2, -0.15) is 0 Å². The van der Waals surface area contributed by atoms with Crippen LogP contribution in [-0.4, -0.2) is 10.2 Å². The van der Waals surface area contributed by atoms with Crippen molar-refractivity contribution in [1.29, 1.82) is 0 Å². The first-order valence-electron chi connectivity index (χ1n) is 5.71. The lowest BCUT2D eigenvalue weighted by molar-refractivity contribution is -0.0703. The van der Waals surface area contributed by atoms with Gasteiger partial charge >= 0.3 is 0 Å². The summed E-state index contributed by atoms with van der Waals surface area (Å²) in [4.78, 5) is 0. The third-order valence-electron chi connectivity index (χ3n) is 3.55. The van der Waals surface area contributed by atoms with Crippen molar-refractivity contribution in [3.05, 3.63) is 59.7 Å². The maximum absolute atomic E-state index is 10.5. The average Bonchev–Trinajstić information content (AvgIpc) is 2.37. The minimum atomic E-state index is -1.23. The van der Waals surface area contributed by atoms with Gasteiger partial charge in [0.15, 0.2) is 0 Å². The molecule has 2 atom stereocenters. The Balaban J connectivity index is 2.37. The molecule has 2 heteroatoms. The Morgan fingerprint density at radius 3 is 2.29 bits per heavy atom. The van der Waals surface area contributed by atoms with Crippen LogP contribution < -0.4 is 0 Å². The van der Waals surface area contributed by atoms with Gasteiger partial charge in [-0.15, -0.1) is 0 Å². The van der Waals surface area contributed by atoms with Crippen LogP contribution in [0.2, 0.25) is 0 Å². The number of fused-ring (bicyclic) bond motifs is 3. The molecule has 0 fully saturated rings. The summed E-state index contributed by atoms with van der Waals surface area (Å²) in [7, 11) is 0. The van der Waals surface area contributed by atoms with E-state index in [0.717, 1.165) is 22.3 Å². The van der Waals surface area contributed by atoms with Crippen LogP contribution in [0.15, 0.2) is 48.5 Å². The topological polar surface area (TPSA) is 40.5 Å². The summed E-state index contributed by atoms with van der Waals surface area (Å²) in [5.74, 6) is 0. The van der Waals surface area contributed by atoms with Gasteiger partial charge in [-0.25, -0.2) is 0 Å². The first kappa shape index (κ1) is 10.5. The molecule has 1 aliphatic carbocycles. The van der Waals surface area contributed by atoms with Gasteiger partial charge in [-0.1, -0.05) is 48.5 Å². The predicted molar refractivity (Wildman–Crippen MR) is 66.4 cm³/mol. The third kappa shape index (κ3) is 1.35. The van der Waals surface area contributed by atoms with E-state index in [1.165, 1.54) is 0 Å². The van der Waals surface area contributed by atoms with E-state index >= 15 is 0 Å². The second-order valence-electron chi connectivity index (χ2n) is 4.68. The lowest BCUT2D eigenvalue weighted by atomic mass is 9.75. The maximum Gasteiger partial charge on any atom is 0.117 e. The Labute approximate surface area is 100 Å². The molecule has 3 rings (SSSR count). The quantitative estimate of drug-likeness (QED) is 0.725. The van der Waals surface area contributed by atoms with Gasteiger partial charge in [0.05, 0.1) is 0 Å². The summed E-state index contributed by atoms with van der Waals surface area (Å²) in [6, 6.07) is 15.4. The fourth-order valence-corrected chi connectivity index (χ4v) is 2.59. The fourth-order valence-electron chi connectivity index (χ4n) is 2.59. The van der Waals surface area contributed by atoms with E-state index in [1.54, 1.807) is 6.92 Å². The van der Waals surface area contributed by atoms with E-state index in [4.69, 9.17) is 0 Å². The number of hydrogen-bond donors (Lipinski definition) is 2. The summed E-state index contributed by atoms with van der Waals surface area (Å²) in [6.07, 6.45) is -0.881. The Hall–Kier alpha value is -1.64. The summed E-state index contributed by atoms with van der Waals surface area (Å²) >= 11 is 0. The van der Waals surface area contributed by atoms with Crippen LogP contribution in [0.5, 0.6) is 0 Å². The second-order valence-corrected chi connectivity index (χ2v) is 4.68. The first-order valence-corrected chi connectivity index (χ1v) is 5.71. The minimum absolute atomic E-state index is 0.784. The lowest BCUT2D eigenvalue weighted by Crippen LogP contribution is -2.33. The van der Waals surface area contributed by atoms with Gasteiger partial charge in [0.25, 0.3) is 0 Å². The van der Waals surface area contributed by atoms with E-state index in [1.807, 2.05) is 48.5 Å². The molecule has 0 aromatic heterocycles. The monoisotopic (exact) mass is 226 g/mol. The molecule has 0 aliphatic heterocycles. The molecule has 0 unspecified atom stereocenters. The van der Waals surface area contributed by atoms with Gasteiger partial charge in [0.2, 0.25) is 0 Å². The Morgan fingerprint density at radius 2 is 1.53 bits per heavy atom. The molecule has 2 N–H and O–H groups in total. The van der Waals surface area contributed by atoms with Crippen LogP contribution >= 0.6 is 0 Å². The van der Waals surface area contributed by atoms with E-state index in [2.05, 4.69) is 0 Å². The number of aliphatic hydroxyl groups is 2. The zero-order chi connectivity index (χ0) is 12.0. The molecule has 0 heterocycles. The molecule has 0 saturated heterocycles. The number of rotatable bonds is 0. The fraction of sp³-hybridized carbons (Fsp3) is 0.200. The van der Waals surface area contributed by atoms with E-state index in [9.17, 15) is 10.2 Å². The molecule has 2 nitrogen and oxygen atoms in total. The zero-order valence-electron chi connectivity index (χ0n) is 9.59. The molecular weight excluding hydrogens is 212 g/mol. The standard InChI is InChI=1S/C15H14O2/c1-15(17)13-9-5-4-7-11(13)10-6-2-3-8-12(10)14(15)16/h2-9,14,16-17H,1H3/t14-,15-/m0/s1. The summed E-state index contributed by atoms with van der Waals surface area (Å²) < 4.78 is 0. The van der Waals surface area contributed by atoms with E-state index in [0.29, 0.717) is 0 Å². The van der Waals surface area contributed by atoms with Crippen molar-refractivity contribution in [2.45, 2.75) is 18.6 Å². The molecular formula is C15H14O2. The number of benzene rings is 2. The van der Waals surface area contributed by atoms with Gasteiger partial charge in [0.1, 0.15) is 11.7 Å². The van der Waals surface area contributed by atoms with Crippen molar-refractivity contribution in [2.24, 2.45) is 0 Å². The van der Waals surface area contributed by atoms with E-state index < -0.39 is 11.7 Å². The van der Waals surface area contributed by atoms with Crippen LogP contribution in [0.1, 0.15) is 24.2 Å². The highest BCUT2D eigenvalue weighted by Crippen LogP contribution is 2.47. The van der Waals surface area contributed by atoms with Crippen molar-refractivity contribution >= 4 is 0 Å². The van der Waals surface area contributed by atoms with Crippen LogP contribution in [0, 0.1) is 0 Å². The SMILES string of the molecule is C[C@]1(O)c2ccccc2-c2ccccc2[C@@H]1O. The summed E-state index contributed by atoms with van der Waals surface area (Å²) in [6.45, 7) is 1.66. The average molecular weight is 226 g/mol. The van der Waals surface area contributed by atoms with Crippen LogP contribution in [-0.2, 0) is 5.60 Å². The summed E-state index contributed by atoms with van der Waals surface area (Å²) in [5, 5.41) is 20.8. The number of aliphatic hydroxyl groups excluding tert-OH is 1. The first-order chi connectivity index (χ1) is 8.12. The van der Waals surface area contributed by atoms with Crippen LogP contribution in [0.4, 0.5) is 0 Å². The molecule has 0 spiro atoms. The van der Waals surface area contributed by atoms with Gasteiger partial charge in [-0.3, -0.25) is 0 Å². The third-order valence-corrected chi connectivity index (χ3v) is 3.55. The second kappa shape index (κ2) is 3.42. The Morgan fingerprint density at radius 1 is 0.941 bits per heavy atom. The van der Waals surface area contributed by atoms with Gasteiger partial charge in [-0.05, 0) is 29.2 Å². The molecule has 17 heavy (non-hydrogen) atoms. The van der Waals surface area contributed by atoms with Crippen molar-refractivity contribution in [1.82, 2.24) is 0 Å². The molecule has 0 bridgehead atoms. The highest BCUT2D eigenvalue weighted by Gasteiger charge is 2.40. The van der Waals surface area contributed by atoms with Gasteiger partial charge in [0, 0.05) is 0 Å². The van der Waals surface area contributed by atoms with Crippen molar-refractivity contribution in [3.63, 3.8) is 0 Å². The summed E-state index contributed by atoms with van der Waals surface area (Å²) in [5.41, 5.74) is 2.34. The van der Waals surface area contributed by atoms with Crippen molar-refractivity contribution in [2.75, 3.05) is 0 Å². The minimum Gasteiger partial charge on any atom is -0.385 e. The molecule has 86 valence electrons. The largest absolute Gasteiger partial charge is 0.385 e. The molecule has 2 aromatic rings. The highest BCUT2D eigenvalue weighted by atomic mass is 16.3. The molecule has 0 amide bonds. The smallest absolute Gasteiger partial charge is 0.117 e. The molecule has 1 aliphatic rings. The normalized spacial score (nSPS) is 26.2. The Bertz CT molecular complexity index is 573. The maximum atomic E-state index is 10.5. The van der Waals surface area contributed by atoms with Crippen LogP contribution in [0.3, 0.4) is 0 Å². The van der Waals surface area contributed by atoms with Gasteiger partial charge < -0.3 is 10.2 Å². The molecule has 0 saturated carbocycles. The predicted octanol–water partition coefficient (Wildman–Crippen LogP) is 2.61. The van der Waals surface area contributed by atoms with Crippen molar-refractivity contribution in [3.8, 4) is 11.1 Å². The van der Waals surface area contributed by atoms with Crippen LogP contribution in [0.25, 0.3) is 11.1 Å².